The summed E-state index contributed by atoms with van der Waals surface area (Å²) in [6.45, 7) is 13.7. The maximum atomic E-state index is 10.4. The van der Waals surface area contributed by atoms with Crippen molar-refractivity contribution >= 4 is 154 Å². The van der Waals surface area contributed by atoms with Crippen molar-refractivity contribution in [2.75, 3.05) is 9.80 Å². The highest BCUT2D eigenvalue weighted by atomic mass is 32.1. The van der Waals surface area contributed by atoms with Gasteiger partial charge in [-0.05, 0) is 188 Å². The smallest absolute Gasteiger partial charge is 0.252 e. The highest BCUT2D eigenvalue weighted by molar-refractivity contribution is 7.26. The first-order chi connectivity index (χ1) is 49.3. The fourth-order valence-electron chi connectivity index (χ4n) is 16.8. The topological polar surface area (TPSA) is 53.3 Å². The number of nitrogens with zero attached hydrogens (tertiary/aromatic N) is 5. The maximum Gasteiger partial charge on any atom is 0.252 e. The molecule has 0 aliphatic carbocycles. The molecule has 0 atom stereocenters. The van der Waals surface area contributed by atoms with Gasteiger partial charge in [0, 0.05) is 97.7 Å². The minimum absolute atomic E-state index is 0.145. The SMILES string of the molecule is CC(C)(C)c1ccc(N2c3cc(-n4c5ccccc5c5ccccc54)ccc3B3c4ccc(-n5c6ccccc6c6cc(C#N)ccc65)cc4N(c4ccc(C(C)(C)C)cc4-c4ccccc4)c4cc(-c5ccc6oc7ccc8sc9ccccc9c8c7c6c5)cc2c43)c(-c2ccccc2)c1. The van der Waals surface area contributed by atoms with Gasteiger partial charge in [0.1, 0.15) is 11.2 Å². The normalized spacial score (nSPS) is 13.0. The summed E-state index contributed by atoms with van der Waals surface area (Å²) in [5, 5.41) is 19.6. The largest absolute Gasteiger partial charge is 0.456 e. The molecule has 18 aromatic rings. The van der Waals surface area contributed by atoms with Crippen LogP contribution in [-0.2, 0) is 10.8 Å². The van der Waals surface area contributed by atoms with Crippen LogP contribution in [0.15, 0.2) is 296 Å². The van der Waals surface area contributed by atoms with E-state index < -0.39 is 0 Å². The third-order valence-corrected chi connectivity index (χ3v) is 22.8. The molecule has 2 aliphatic rings. The molecule has 0 saturated carbocycles. The fraction of sp³-hybridized carbons (Fsp3) is 0.0860. The molecule has 0 fully saturated rings. The van der Waals surface area contributed by atoms with E-state index in [0.717, 1.165) is 134 Å². The monoisotopic (exact) mass is 1310 g/mol. The van der Waals surface area contributed by atoms with Crippen LogP contribution in [0.5, 0.6) is 0 Å². The number of nitriles is 1. The van der Waals surface area contributed by atoms with E-state index in [0.29, 0.717) is 5.56 Å². The molecule has 0 amide bonds. The number of para-hydroxylation sites is 3. The van der Waals surface area contributed by atoms with E-state index in [9.17, 15) is 5.26 Å². The van der Waals surface area contributed by atoms with Crippen LogP contribution in [0.25, 0.3) is 130 Å². The molecule has 478 valence electrons. The number of rotatable bonds is 7. The molecule has 6 nitrogen and oxygen atoms in total. The summed E-state index contributed by atoms with van der Waals surface area (Å²) >= 11 is 1.84. The van der Waals surface area contributed by atoms with Crippen LogP contribution in [-0.4, -0.2) is 15.8 Å². The van der Waals surface area contributed by atoms with Crippen LogP contribution < -0.4 is 26.2 Å². The van der Waals surface area contributed by atoms with Crippen molar-refractivity contribution in [3.05, 3.63) is 308 Å². The lowest BCUT2D eigenvalue weighted by atomic mass is 9.33. The zero-order valence-corrected chi connectivity index (χ0v) is 57.7. The molecule has 0 N–H and O–H groups in total. The average molecular weight is 1310 g/mol. The van der Waals surface area contributed by atoms with Gasteiger partial charge < -0.3 is 23.4 Å². The van der Waals surface area contributed by atoms with E-state index in [1.54, 1.807) is 0 Å². The molecule has 0 saturated heterocycles. The summed E-state index contributed by atoms with van der Waals surface area (Å²) in [7, 11) is 0. The van der Waals surface area contributed by atoms with Gasteiger partial charge in [0.25, 0.3) is 6.71 Å². The predicted molar refractivity (Wildman–Crippen MR) is 428 cm³/mol. The van der Waals surface area contributed by atoms with Crippen molar-refractivity contribution in [1.29, 1.82) is 5.26 Å². The number of thiophene rings is 1. The van der Waals surface area contributed by atoms with E-state index in [-0.39, 0.29) is 17.5 Å². The molecule has 2 aliphatic heterocycles. The molecule has 6 heterocycles. The number of hydrogen-bond acceptors (Lipinski definition) is 5. The molecule has 0 bridgehead atoms. The third-order valence-electron chi connectivity index (χ3n) is 21.6. The molecule has 101 heavy (non-hydrogen) atoms. The highest BCUT2D eigenvalue weighted by Crippen LogP contribution is 2.53. The van der Waals surface area contributed by atoms with Crippen LogP contribution in [0.1, 0.15) is 58.2 Å². The number of benzene rings is 14. The fourth-order valence-corrected chi connectivity index (χ4v) is 17.9. The van der Waals surface area contributed by atoms with Gasteiger partial charge in [-0.3, -0.25) is 0 Å². The van der Waals surface area contributed by atoms with Gasteiger partial charge in [-0.2, -0.15) is 5.26 Å². The van der Waals surface area contributed by atoms with Crippen molar-refractivity contribution in [3.8, 4) is 50.8 Å². The van der Waals surface area contributed by atoms with Crippen LogP contribution in [0.2, 0.25) is 0 Å². The standard InChI is InChI=1S/C93H66BN5OS/c1-92(2,3)61-35-42-78(69(51-61)57-21-9-7-10-22-57)98-81-53-63(96-75-29-17-13-25-65(75)66-26-14-18-30-76(66)96)37-39-73(81)94-74-40-38-64(97-77-31-19-15-27-67(77)71-47-56(55-95)33-41-80(71)97)54-82(74)99(79-43-36-62(93(4,5)6)52-70(79)58-23-11-8-12-24-58)84-50-60(49-83(98)91(84)94)59-34-44-85-72(48-59)89-86(100-85)45-46-88-90(89)68-28-16-20-32-87(68)101-88/h7-54H,1-6H3. The number of furan rings is 1. The van der Waals surface area contributed by atoms with Gasteiger partial charge in [-0.1, -0.05) is 205 Å². The number of anilines is 6. The Hall–Kier alpha value is -12.1. The second-order valence-corrected chi connectivity index (χ2v) is 30.6. The third kappa shape index (κ3) is 8.96. The predicted octanol–water partition coefficient (Wildman–Crippen LogP) is 23.7. The van der Waals surface area contributed by atoms with Crippen LogP contribution in [0.4, 0.5) is 34.1 Å². The summed E-state index contributed by atoms with van der Waals surface area (Å²) in [6, 6.07) is 111. The van der Waals surface area contributed by atoms with Crippen molar-refractivity contribution < 1.29 is 4.42 Å². The van der Waals surface area contributed by atoms with E-state index in [1.165, 1.54) is 58.5 Å². The Balaban J connectivity index is 0.948. The first kappa shape index (κ1) is 59.0. The number of fused-ring (bicyclic) bond motifs is 17. The quantitative estimate of drug-likeness (QED) is 0.149. The zero-order valence-electron chi connectivity index (χ0n) is 56.8. The Kier molecular flexibility index (Phi) is 12.8. The molecule has 0 spiro atoms. The average Bonchev–Trinajstić information content (AvgIpc) is 1.41. The minimum atomic E-state index is -0.257. The second kappa shape index (κ2) is 21.9. The lowest BCUT2D eigenvalue weighted by Gasteiger charge is -2.45. The van der Waals surface area contributed by atoms with Crippen LogP contribution in [0.3, 0.4) is 0 Å². The Morgan fingerprint density at radius 3 is 1.39 bits per heavy atom. The summed E-state index contributed by atoms with van der Waals surface area (Å²) in [5.74, 6) is 0. The number of aromatic nitrogens is 2. The minimum Gasteiger partial charge on any atom is -0.456 e. The first-order valence-electron chi connectivity index (χ1n) is 35.0. The first-order valence-corrected chi connectivity index (χ1v) is 35.8. The molecular weight excluding hydrogens is 1250 g/mol. The second-order valence-electron chi connectivity index (χ2n) is 29.5. The molecule has 8 heteroatoms. The van der Waals surface area contributed by atoms with E-state index in [2.05, 4.69) is 346 Å². The Morgan fingerprint density at radius 2 is 0.842 bits per heavy atom. The van der Waals surface area contributed by atoms with Crippen LogP contribution in [0, 0.1) is 11.3 Å². The highest BCUT2D eigenvalue weighted by Gasteiger charge is 2.45. The zero-order chi connectivity index (χ0) is 67.7. The van der Waals surface area contributed by atoms with E-state index in [1.807, 2.05) is 23.5 Å². The molecule has 0 unspecified atom stereocenters. The maximum absolute atomic E-state index is 10.4. The Labute approximate surface area is 590 Å². The summed E-state index contributed by atoms with van der Waals surface area (Å²) in [4.78, 5) is 5.26. The molecular formula is C93H66BN5OS. The Bertz CT molecular complexity index is 6530. The molecule has 14 aromatic carbocycles. The lowest BCUT2D eigenvalue weighted by molar-refractivity contribution is 0.590. The molecule has 0 radical (unpaired) electrons. The van der Waals surface area contributed by atoms with Gasteiger partial charge in [0.15, 0.2) is 0 Å². The molecule has 4 aromatic heterocycles. The van der Waals surface area contributed by atoms with E-state index in [4.69, 9.17) is 4.42 Å². The van der Waals surface area contributed by atoms with Gasteiger partial charge in [0.05, 0.1) is 45.1 Å². The summed E-state index contributed by atoms with van der Waals surface area (Å²) in [5.41, 5.74) is 28.0. The number of hydrogen-bond donors (Lipinski definition) is 0. The lowest BCUT2D eigenvalue weighted by Crippen LogP contribution is -2.61. The van der Waals surface area contributed by atoms with Crippen molar-refractivity contribution in [2.45, 2.75) is 52.4 Å². The van der Waals surface area contributed by atoms with Crippen molar-refractivity contribution in [3.63, 3.8) is 0 Å². The van der Waals surface area contributed by atoms with E-state index >= 15 is 0 Å². The molecule has 20 rings (SSSR count). The Morgan fingerprint density at radius 1 is 0.347 bits per heavy atom. The summed E-state index contributed by atoms with van der Waals surface area (Å²) < 4.78 is 14.3. The summed E-state index contributed by atoms with van der Waals surface area (Å²) in [6.07, 6.45) is 0. The van der Waals surface area contributed by atoms with Crippen LogP contribution >= 0.6 is 11.3 Å². The van der Waals surface area contributed by atoms with Gasteiger partial charge >= 0.3 is 0 Å². The van der Waals surface area contributed by atoms with Crippen molar-refractivity contribution in [1.82, 2.24) is 9.13 Å². The van der Waals surface area contributed by atoms with Gasteiger partial charge in [0.2, 0.25) is 0 Å². The van der Waals surface area contributed by atoms with Gasteiger partial charge in [-0.25, -0.2) is 0 Å². The van der Waals surface area contributed by atoms with Gasteiger partial charge in [-0.15, -0.1) is 11.3 Å². The van der Waals surface area contributed by atoms with Crippen molar-refractivity contribution in [2.24, 2.45) is 0 Å².